The minimum Gasteiger partial charge on any atom is -0.363 e. The third-order valence-electron chi connectivity index (χ3n) is 4.92. The fourth-order valence-corrected chi connectivity index (χ4v) is 6.75. The summed E-state index contributed by atoms with van der Waals surface area (Å²) in [6.07, 6.45) is 0.849. The molecule has 14 heteroatoms. The van der Waals surface area contributed by atoms with Crippen LogP contribution in [-0.4, -0.2) is 39.6 Å². The third-order valence-corrected chi connectivity index (χ3v) is 9.17. The molecule has 2 heterocycles. The number of fused-ring (bicyclic) bond motifs is 1. The normalized spacial score (nSPS) is 12.3. The predicted molar refractivity (Wildman–Crippen MR) is 129 cm³/mol. The summed E-state index contributed by atoms with van der Waals surface area (Å²) in [6, 6.07) is 11.3. The van der Waals surface area contributed by atoms with Crippen LogP contribution in [-0.2, 0) is 24.8 Å². The van der Waals surface area contributed by atoms with E-state index in [2.05, 4.69) is 20.9 Å². The molecule has 35 heavy (non-hydrogen) atoms. The standard InChI is InChI=1S/C21H15BrClF2N3O5S2/c1-33-12-28(18-10-16(24)15(22)9-17(18)25)35(31,32)19-11-27(21-14(19)7-8-20(23)26-21)34(29,30)13-5-3-2-4-6-13/h2-11H,12H2,1H3. The van der Waals surface area contributed by atoms with Gasteiger partial charge in [-0.05, 0) is 46.3 Å². The SMILES string of the molecule is COCN(c1cc(F)c(Br)cc1F)S(=O)(=O)c1cn(S(=O)(=O)c2ccccc2)c2nc(Cl)ccc12. The second-order valence-electron chi connectivity index (χ2n) is 7.10. The number of pyridine rings is 1. The van der Waals surface area contributed by atoms with E-state index in [1.807, 2.05) is 0 Å². The van der Waals surface area contributed by atoms with Gasteiger partial charge in [-0.2, -0.15) is 0 Å². The highest BCUT2D eigenvalue weighted by molar-refractivity contribution is 9.10. The minimum absolute atomic E-state index is 0.0844. The van der Waals surface area contributed by atoms with Crippen LogP contribution >= 0.6 is 27.5 Å². The molecule has 0 spiro atoms. The summed E-state index contributed by atoms with van der Waals surface area (Å²) < 4.78 is 89.0. The van der Waals surface area contributed by atoms with Crippen LogP contribution in [0, 0.1) is 11.6 Å². The molecule has 4 aromatic rings. The maximum Gasteiger partial charge on any atom is 0.269 e. The van der Waals surface area contributed by atoms with Crippen LogP contribution in [0.2, 0.25) is 5.15 Å². The minimum atomic E-state index is -4.71. The molecule has 2 aromatic carbocycles. The molecule has 0 aliphatic rings. The lowest BCUT2D eigenvalue weighted by Crippen LogP contribution is -2.33. The predicted octanol–water partition coefficient (Wildman–Crippen LogP) is 4.77. The Bertz CT molecular complexity index is 1650. The van der Waals surface area contributed by atoms with Crippen LogP contribution < -0.4 is 4.31 Å². The highest BCUT2D eigenvalue weighted by Crippen LogP contribution is 2.35. The van der Waals surface area contributed by atoms with Crippen molar-refractivity contribution in [1.82, 2.24) is 8.96 Å². The van der Waals surface area contributed by atoms with Crippen LogP contribution in [0.15, 0.2) is 75.1 Å². The number of ether oxygens (including phenoxy) is 1. The van der Waals surface area contributed by atoms with Gasteiger partial charge in [0.1, 0.15) is 28.4 Å². The van der Waals surface area contributed by atoms with Gasteiger partial charge in [-0.15, -0.1) is 0 Å². The Kier molecular flexibility index (Phi) is 6.90. The van der Waals surface area contributed by atoms with Crippen LogP contribution in [0.3, 0.4) is 0 Å². The molecular formula is C21H15BrClF2N3O5S2. The van der Waals surface area contributed by atoms with Crippen molar-refractivity contribution < 1.29 is 30.4 Å². The molecule has 0 bridgehead atoms. The molecule has 2 aromatic heterocycles. The van der Waals surface area contributed by atoms with E-state index in [4.69, 9.17) is 16.3 Å². The van der Waals surface area contributed by atoms with Crippen molar-refractivity contribution in [1.29, 1.82) is 0 Å². The molecule has 0 amide bonds. The Morgan fingerprint density at radius 3 is 2.40 bits per heavy atom. The first-order chi connectivity index (χ1) is 16.5. The first-order valence-corrected chi connectivity index (χ1v) is 13.7. The molecule has 184 valence electrons. The molecule has 8 nitrogen and oxygen atoms in total. The number of rotatable bonds is 7. The number of nitrogens with zero attached hydrogens (tertiary/aromatic N) is 3. The van der Waals surface area contributed by atoms with Gasteiger partial charge < -0.3 is 4.74 Å². The first kappa shape index (κ1) is 25.5. The zero-order valence-electron chi connectivity index (χ0n) is 17.7. The second kappa shape index (κ2) is 9.47. The lowest BCUT2D eigenvalue weighted by atomic mass is 10.3. The molecule has 0 saturated heterocycles. The van der Waals surface area contributed by atoms with Gasteiger partial charge in [-0.25, -0.2) is 38.9 Å². The van der Waals surface area contributed by atoms with Crippen molar-refractivity contribution in [3.63, 3.8) is 0 Å². The van der Waals surface area contributed by atoms with Crippen LogP contribution in [0.25, 0.3) is 11.0 Å². The summed E-state index contributed by atoms with van der Waals surface area (Å²) in [6.45, 7) is -0.695. The van der Waals surface area contributed by atoms with Crippen LogP contribution in [0.1, 0.15) is 0 Å². The number of hydrogen-bond acceptors (Lipinski definition) is 6. The van der Waals surface area contributed by atoms with Crippen molar-refractivity contribution in [3.05, 3.63) is 82.1 Å². The molecule has 0 atom stereocenters. The Morgan fingerprint density at radius 1 is 1.06 bits per heavy atom. The molecule has 0 aliphatic carbocycles. The van der Waals surface area contributed by atoms with Gasteiger partial charge in [0.2, 0.25) is 0 Å². The number of sulfonamides is 1. The molecule has 0 N–H and O–H groups in total. The Balaban J connectivity index is 2.00. The number of benzene rings is 2. The van der Waals surface area contributed by atoms with E-state index in [-0.39, 0.29) is 25.6 Å². The average Bonchev–Trinajstić information content (AvgIpc) is 3.21. The van der Waals surface area contributed by atoms with Crippen LogP contribution in [0.5, 0.6) is 0 Å². The Morgan fingerprint density at radius 2 is 1.74 bits per heavy atom. The summed E-state index contributed by atoms with van der Waals surface area (Å²) >= 11 is 8.82. The fourth-order valence-electron chi connectivity index (χ4n) is 3.33. The summed E-state index contributed by atoms with van der Waals surface area (Å²) in [5.74, 6) is -1.97. The van der Waals surface area contributed by atoms with Crippen molar-refractivity contribution >= 4 is 64.3 Å². The van der Waals surface area contributed by atoms with Gasteiger partial charge in [0.05, 0.1) is 15.1 Å². The van der Waals surface area contributed by atoms with Gasteiger partial charge in [-0.1, -0.05) is 29.8 Å². The lowest BCUT2D eigenvalue weighted by molar-refractivity contribution is 0.209. The van der Waals surface area contributed by atoms with Gasteiger partial charge >= 0.3 is 0 Å². The highest BCUT2D eigenvalue weighted by Gasteiger charge is 2.34. The molecule has 0 radical (unpaired) electrons. The monoisotopic (exact) mass is 605 g/mol. The Hall–Kier alpha value is -2.58. The number of halogens is 4. The third kappa shape index (κ3) is 4.54. The summed E-state index contributed by atoms with van der Waals surface area (Å²) in [5.41, 5.74) is -0.902. The van der Waals surface area contributed by atoms with Gasteiger partial charge in [0, 0.05) is 24.8 Å². The largest absolute Gasteiger partial charge is 0.363 e. The quantitative estimate of drug-likeness (QED) is 0.171. The fraction of sp³-hybridized carbons (Fsp3) is 0.0952. The summed E-state index contributed by atoms with van der Waals surface area (Å²) in [7, 11) is -7.85. The van der Waals surface area contributed by atoms with E-state index in [9.17, 15) is 25.6 Å². The maximum atomic E-state index is 14.7. The second-order valence-corrected chi connectivity index (χ2v) is 12.0. The molecule has 0 aliphatic heterocycles. The van der Waals surface area contributed by atoms with Gasteiger partial charge in [-0.3, -0.25) is 0 Å². The zero-order chi connectivity index (χ0) is 25.5. The zero-order valence-corrected chi connectivity index (χ0v) is 21.7. The number of hydrogen-bond donors (Lipinski definition) is 0. The molecule has 0 saturated carbocycles. The Labute approximate surface area is 212 Å². The maximum absolute atomic E-state index is 14.7. The van der Waals surface area contributed by atoms with Gasteiger partial charge in [0.15, 0.2) is 5.65 Å². The summed E-state index contributed by atoms with van der Waals surface area (Å²) in [5, 5.41) is -0.188. The van der Waals surface area contributed by atoms with Crippen molar-refractivity contribution in [2.24, 2.45) is 0 Å². The summed E-state index contributed by atoms with van der Waals surface area (Å²) in [4.78, 5) is 3.36. The molecular weight excluding hydrogens is 592 g/mol. The van der Waals surface area contributed by atoms with E-state index < -0.39 is 49.0 Å². The van der Waals surface area contributed by atoms with Gasteiger partial charge in [0.25, 0.3) is 20.0 Å². The first-order valence-electron chi connectivity index (χ1n) is 9.63. The topological polar surface area (TPSA) is 98.6 Å². The van der Waals surface area contributed by atoms with E-state index in [0.29, 0.717) is 14.3 Å². The van der Waals surface area contributed by atoms with Crippen LogP contribution in [0.4, 0.5) is 14.5 Å². The van der Waals surface area contributed by atoms with Crippen molar-refractivity contribution in [3.8, 4) is 0 Å². The van der Waals surface area contributed by atoms with E-state index in [1.54, 1.807) is 6.07 Å². The average molecular weight is 607 g/mol. The number of anilines is 1. The van der Waals surface area contributed by atoms with Crippen molar-refractivity contribution in [2.75, 3.05) is 18.1 Å². The van der Waals surface area contributed by atoms with E-state index in [0.717, 1.165) is 12.3 Å². The number of aromatic nitrogens is 2. The van der Waals surface area contributed by atoms with E-state index >= 15 is 0 Å². The smallest absolute Gasteiger partial charge is 0.269 e. The molecule has 0 unspecified atom stereocenters. The lowest BCUT2D eigenvalue weighted by Gasteiger charge is -2.23. The highest BCUT2D eigenvalue weighted by atomic mass is 79.9. The molecule has 0 fully saturated rings. The molecule has 4 rings (SSSR count). The number of methoxy groups -OCH3 is 1. The van der Waals surface area contributed by atoms with E-state index in [1.165, 1.54) is 43.5 Å². The van der Waals surface area contributed by atoms with Crippen molar-refractivity contribution in [2.45, 2.75) is 9.79 Å².